The molecule has 1 N–H and O–H groups in total. The van der Waals surface area contributed by atoms with E-state index in [1.54, 1.807) is 26.0 Å². The molecule has 1 aliphatic rings. The van der Waals surface area contributed by atoms with Crippen LogP contribution in [0.25, 0.3) is 0 Å². The summed E-state index contributed by atoms with van der Waals surface area (Å²) in [4.78, 5) is 12.7. The molecule has 0 bridgehead atoms. The van der Waals surface area contributed by atoms with Crippen LogP contribution < -0.4 is 5.32 Å². The van der Waals surface area contributed by atoms with E-state index in [1.165, 1.54) is 20.7 Å². The number of hydrogen-bond acceptors (Lipinski definition) is 5. The van der Waals surface area contributed by atoms with E-state index in [0.29, 0.717) is 45.4 Å². The molecule has 164 valence electrons. The third-order valence-corrected chi connectivity index (χ3v) is 9.21. The van der Waals surface area contributed by atoms with Crippen molar-refractivity contribution in [1.82, 2.24) is 13.9 Å². The van der Waals surface area contributed by atoms with Crippen LogP contribution in [0.3, 0.4) is 0 Å². The van der Waals surface area contributed by atoms with Crippen molar-refractivity contribution >= 4 is 26.0 Å². The maximum Gasteiger partial charge on any atom is 0.251 e. The molecule has 0 aromatic heterocycles. The summed E-state index contributed by atoms with van der Waals surface area (Å²) in [5, 5.41) is 2.91. The molecular formula is C19H31N3O5S2. The van der Waals surface area contributed by atoms with Crippen LogP contribution in [-0.2, 0) is 20.0 Å². The molecule has 29 heavy (non-hydrogen) atoms. The molecule has 0 unspecified atom stereocenters. The minimum atomic E-state index is -3.64. The molecule has 2 rings (SSSR count). The topological polar surface area (TPSA) is 104 Å². The SMILES string of the molecule is CCCS(=O)(=O)N1CCC(NC(=O)c2cccc(S(=O)(=O)N(CC)CC)c2)CC1. The standard InChI is InChI=1S/C19H31N3O5S2/c1-4-14-28(24,25)22-12-10-17(11-13-22)20-19(23)16-8-7-9-18(15-16)29(26,27)21(5-2)6-3/h7-9,15,17H,4-6,10-14H2,1-3H3,(H,20,23). The van der Waals surface area contributed by atoms with E-state index in [9.17, 15) is 21.6 Å². The van der Waals surface area contributed by atoms with Crippen LogP contribution >= 0.6 is 0 Å². The third-order valence-electron chi connectivity index (χ3n) is 5.08. The Labute approximate surface area is 174 Å². The Morgan fingerprint density at radius 1 is 1.10 bits per heavy atom. The molecule has 1 aromatic carbocycles. The minimum Gasteiger partial charge on any atom is -0.349 e. The zero-order valence-electron chi connectivity index (χ0n) is 17.3. The molecule has 0 spiro atoms. The summed E-state index contributed by atoms with van der Waals surface area (Å²) in [7, 11) is -6.86. The molecule has 1 aromatic rings. The predicted molar refractivity (Wildman–Crippen MR) is 113 cm³/mol. The largest absolute Gasteiger partial charge is 0.349 e. The van der Waals surface area contributed by atoms with Crippen LogP contribution in [0.4, 0.5) is 0 Å². The lowest BCUT2D eigenvalue weighted by Gasteiger charge is -2.31. The normalized spacial score (nSPS) is 16.8. The Morgan fingerprint density at radius 3 is 2.28 bits per heavy atom. The van der Waals surface area contributed by atoms with Gasteiger partial charge in [-0.3, -0.25) is 4.79 Å². The molecule has 1 aliphatic heterocycles. The summed E-state index contributed by atoms with van der Waals surface area (Å²) >= 11 is 0. The second kappa shape index (κ2) is 10.0. The van der Waals surface area contributed by atoms with Gasteiger partial charge < -0.3 is 5.32 Å². The maximum atomic E-state index is 12.7. The summed E-state index contributed by atoms with van der Waals surface area (Å²) in [6, 6.07) is 5.88. The number of piperidine rings is 1. The minimum absolute atomic E-state index is 0.0920. The summed E-state index contributed by atoms with van der Waals surface area (Å²) in [6.45, 7) is 6.84. The fourth-order valence-corrected chi connectivity index (χ4v) is 6.49. The van der Waals surface area contributed by atoms with Crippen molar-refractivity contribution < 1.29 is 21.6 Å². The van der Waals surface area contributed by atoms with Crippen molar-refractivity contribution in [3.05, 3.63) is 29.8 Å². The van der Waals surface area contributed by atoms with Gasteiger partial charge in [-0.25, -0.2) is 21.1 Å². The van der Waals surface area contributed by atoms with Gasteiger partial charge in [0.05, 0.1) is 10.6 Å². The van der Waals surface area contributed by atoms with Gasteiger partial charge in [0.2, 0.25) is 20.0 Å². The Morgan fingerprint density at radius 2 is 1.72 bits per heavy atom. The summed E-state index contributed by atoms with van der Waals surface area (Å²) < 4.78 is 52.5. The van der Waals surface area contributed by atoms with E-state index in [0.717, 1.165) is 0 Å². The first-order valence-corrected chi connectivity index (χ1v) is 13.1. The number of sulfonamides is 2. The van der Waals surface area contributed by atoms with Crippen molar-refractivity contribution in [2.24, 2.45) is 0 Å². The molecule has 1 fully saturated rings. The van der Waals surface area contributed by atoms with E-state index in [2.05, 4.69) is 5.32 Å². The second-order valence-electron chi connectivity index (χ2n) is 7.08. The van der Waals surface area contributed by atoms with Crippen molar-refractivity contribution in [3.8, 4) is 0 Å². The van der Waals surface area contributed by atoms with Gasteiger partial charge in [-0.05, 0) is 37.5 Å². The average Bonchev–Trinajstić information content (AvgIpc) is 2.69. The summed E-state index contributed by atoms with van der Waals surface area (Å²) in [5.41, 5.74) is 0.277. The molecule has 1 amide bonds. The molecule has 0 saturated carbocycles. The Kier molecular flexibility index (Phi) is 8.21. The van der Waals surface area contributed by atoms with Crippen LogP contribution in [0.2, 0.25) is 0 Å². The summed E-state index contributed by atoms with van der Waals surface area (Å²) in [5.74, 6) is -0.214. The van der Waals surface area contributed by atoms with Crippen molar-refractivity contribution in [3.63, 3.8) is 0 Å². The van der Waals surface area contributed by atoms with Crippen LogP contribution in [0.1, 0.15) is 50.4 Å². The Hall–Kier alpha value is -1.49. The first kappa shape index (κ1) is 23.8. The first-order valence-electron chi connectivity index (χ1n) is 10.0. The third kappa shape index (κ3) is 5.78. The second-order valence-corrected chi connectivity index (χ2v) is 11.1. The smallest absolute Gasteiger partial charge is 0.251 e. The predicted octanol–water partition coefficient (Wildman–Crippen LogP) is 1.65. The molecule has 10 heteroatoms. The highest BCUT2D eigenvalue weighted by molar-refractivity contribution is 7.89. The quantitative estimate of drug-likeness (QED) is 0.622. The molecular weight excluding hydrogens is 414 g/mol. The van der Waals surface area contributed by atoms with Gasteiger partial charge in [0.15, 0.2) is 0 Å². The molecule has 0 radical (unpaired) electrons. The van der Waals surface area contributed by atoms with Gasteiger partial charge in [-0.15, -0.1) is 0 Å². The highest BCUT2D eigenvalue weighted by atomic mass is 32.2. The van der Waals surface area contributed by atoms with Gasteiger partial charge in [0, 0.05) is 37.8 Å². The number of hydrogen-bond donors (Lipinski definition) is 1. The summed E-state index contributed by atoms with van der Waals surface area (Å²) in [6.07, 6.45) is 1.64. The van der Waals surface area contributed by atoms with Crippen molar-refractivity contribution in [1.29, 1.82) is 0 Å². The number of nitrogens with zero attached hydrogens (tertiary/aromatic N) is 2. The van der Waals surface area contributed by atoms with Crippen LogP contribution in [0.5, 0.6) is 0 Å². The van der Waals surface area contributed by atoms with Crippen LogP contribution in [0.15, 0.2) is 29.2 Å². The lowest BCUT2D eigenvalue weighted by Crippen LogP contribution is -2.47. The van der Waals surface area contributed by atoms with E-state index in [4.69, 9.17) is 0 Å². The number of carbonyl (C=O) groups excluding carboxylic acids is 1. The van der Waals surface area contributed by atoms with Crippen molar-refractivity contribution in [2.75, 3.05) is 31.9 Å². The van der Waals surface area contributed by atoms with Gasteiger partial charge in [0.25, 0.3) is 5.91 Å². The fourth-order valence-electron chi connectivity index (χ4n) is 3.44. The van der Waals surface area contributed by atoms with Gasteiger partial charge in [-0.1, -0.05) is 26.8 Å². The number of carbonyl (C=O) groups is 1. The first-order chi connectivity index (χ1) is 13.7. The van der Waals surface area contributed by atoms with Crippen molar-refractivity contribution in [2.45, 2.75) is 51.0 Å². The monoisotopic (exact) mass is 445 g/mol. The van der Waals surface area contributed by atoms with Gasteiger partial charge in [-0.2, -0.15) is 4.31 Å². The van der Waals surface area contributed by atoms with Crippen LogP contribution in [-0.4, -0.2) is 69.3 Å². The zero-order chi connectivity index (χ0) is 21.7. The Balaban J connectivity index is 2.04. The van der Waals surface area contributed by atoms with E-state index in [-0.39, 0.29) is 28.2 Å². The number of amides is 1. The zero-order valence-corrected chi connectivity index (χ0v) is 18.9. The van der Waals surface area contributed by atoms with Gasteiger partial charge >= 0.3 is 0 Å². The molecule has 0 atom stereocenters. The molecule has 1 saturated heterocycles. The number of benzene rings is 1. The lowest BCUT2D eigenvalue weighted by atomic mass is 10.1. The maximum absolute atomic E-state index is 12.7. The van der Waals surface area contributed by atoms with Gasteiger partial charge in [0.1, 0.15) is 0 Å². The van der Waals surface area contributed by atoms with E-state index in [1.807, 2.05) is 6.92 Å². The number of rotatable bonds is 9. The molecule has 1 heterocycles. The lowest BCUT2D eigenvalue weighted by molar-refractivity contribution is 0.0923. The molecule has 0 aliphatic carbocycles. The highest BCUT2D eigenvalue weighted by Gasteiger charge is 2.28. The van der Waals surface area contributed by atoms with E-state index >= 15 is 0 Å². The fraction of sp³-hybridized carbons (Fsp3) is 0.632. The van der Waals surface area contributed by atoms with E-state index < -0.39 is 20.0 Å². The molecule has 8 nitrogen and oxygen atoms in total. The van der Waals surface area contributed by atoms with Crippen LogP contribution in [0, 0.1) is 0 Å². The average molecular weight is 446 g/mol. The highest BCUT2D eigenvalue weighted by Crippen LogP contribution is 2.19. The Bertz CT molecular complexity index is 904. The number of nitrogens with one attached hydrogen (secondary N) is 1.